The Balaban J connectivity index is 1.73. The first-order chi connectivity index (χ1) is 9.36. The van der Waals surface area contributed by atoms with Crippen molar-refractivity contribution in [3.63, 3.8) is 0 Å². The minimum atomic E-state index is 0.385. The Morgan fingerprint density at radius 2 is 2.37 bits per heavy atom. The molecule has 1 N–H and O–H groups in total. The van der Waals surface area contributed by atoms with Crippen LogP contribution in [0.5, 0.6) is 0 Å². The van der Waals surface area contributed by atoms with Crippen LogP contribution >= 0.6 is 0 Å². The average Bonchev–Trinajstić information content (AvgIpc) is 3.10. The number of nitrogens with zero attached hydrogens (tertiary/aromatic N) is 5. The molecule has 0 radical (unpaired) electrons. The zero-order valence-corrected chi connectivity index (χ0v) is 11.3. The highest BCUT2D eigenvalue weighted by atomic mass is 15.4. The highest BCUT2D eigenvalue weighted by Crippen LogP contribution is 2.29. The summed E-state index contributed by atoms with van der Waals surface area (Å²) in [6, 6.07) is 0.385. The van der Waals surface area contributed by atoms with Gasteiger partial charge in [-0.15, -0.1) is 5.10 Å². The topological polar surface area (TPSA) is 62.6 Å². The summed E-state index contributed by atoms with van der Waals surface area (Å²) < 4.78 is 1.88. The fourth-order valence-electron chi connectivity index (χ4n) is 2.72. The zero-order chi connectivity index (χ0) is 13.1. The molecule has 0 aromatic carbocycles. The van der Waals surface area contributed by atoms with Crippen molar-refractivity contribution >= 4 is 0 Å². The Hall–Kier alpha value is -1.69. The Morgan fingerprint density at radius 1 is 1.42 bits per heavy atom. The van der Waals surface area contributed by atoms with E-state index in [1.165, 1.54) is 12.8 Å². The quantitative estimate of drug-likeness (QED) is 0.909. The molecule has 1 unspecified atom stereocenters. The van der Waals surface area contributed by atoms with Crippen LogP contribution < -0.4 is 0 Å². The maximum atomic E-state index is 4.41. The number of H-pyrrole nitrogens is 1. The third kappa shape index (κ3) is 2.68. The van der Waals surface area contributed by atoms with Crippen molar-refractivity contribution in [2.75, 3.05) is 6.54 Å². The van der Waals surface area contributed by atoms with Crippen LogP contribution in [0.1, 0.15) is 43.7 Å². The molecular formula is C13H20N6. The zero-order valence-electron chi connectivity index (χ0n) is 11.3. The van der Waals surface area contributed by atoms with Crippen LogP contribution in [0.3, 0.4) is 0 Å². The molecule has 2 aromatic rings. The summed E-state index contributed by atoms with van der Waals surface area (Å²) in [6.07, 6.45) is 9.44. The maximum Gasteiger partial charge on any atom is 0.123 e. The number of rotatable bonds is 4. The van der Waals surface area contributed by atoms with Crippen LogP contribution in [0.25, 0.3) is 0 Å². The smallest absolute Gasteiger partial charge is 0.123 e. The van der Waals surface area contributed by atoms with Gasteiger partial charge < -0.3 is 4.98 Å². The van der Waals surface area contributed by atoms with Crippen molar-refractivity contribution in [3.8, 4) is 0 Å². The summed E-state index contributed by atoms with van der Waals surface area (Å²) in [5.74, 6) is 1.07. The normalized spacial score (nSPS) is 20.8. The van der Waals surface area contributed by atoms with Gasteiger partial charge in [-0.1, -0.05) is 11.6 Å². The van der Waals surface area contributed by atoms with Gasteiger partial charge in [-0.2, -0.15) is 0 Å². The first-order valence-corrected chi connectivity index (χ1v) is 6.99. The highest BCUT2D eigenvalue weighted by molar-refractivity contribution is 5.01. The van der Waals surface area contributed by atoms with Gasteiger partial charge in [0, 0.05) is 31.7 Å². The maximum absolute atomic E-state index is 4.41. The van der Waals surface area contributed by atoms with Crippen LogP contribution in [-0.2, 0) is 13.1 Å². The van der Waals surface area contributed by atoms with Crippen LogP contribution in [0.2, 0.25) is 0 Å². The van der Waals surface area contributed by atoms with Crippen molar-refractivity contribution in [3.05, 3.63) is 30.1 Å². The Kier molecular flexibility index (Phi) is 3.59. The number of piperidine rings is 1. The van der Waals surface area contributed by atoms with E-state index < -0.39 is 0 Å². The van der Waals surface area contributed by atoms with Crippen LogP contribution in [0.4, 0.5) is 0 Å². The SMILES string of the molecule is CCn1cc(CN2CCCCC2c2ncc[nH]2)nn1. The van der Waals surface area contributed by atoms with E-state index >= 15 is 0 Å². The van der Waals surface area contributed by atoms with E-state index in [1.807, 2.05) is 23.3 Å². The molecule has 0 spiro atoms. The van der Waals surface area contributed by atoms with Gasteiger partial charge in [0.15, 0.2) is 0 Å². The Labute approximate surface area is 112 Å². The van der Waals surface area contributed by atoms with Gasteiger partial charge in [-0.25, -0.2) is 4.98 Å². The van der Waals surface area contributed by atoms with Crippen molar-refractivity contribution in [2.24, 2.45) is 0 Å². The molecule has 0 aliphatic carbocycles. The van der Waals surface area contributed by atoms with Crippen molar-refractivity contribution in [2.45, 2.75) is 45.3 Å². The highest BCUT2D eigenvalue weighted by Gasteiger charge is 2.26. The van der Waals surface area contributed by atoms with E-state index in [-0.39, 0.29) is 0 Å². The second-order valence-corrected chi connectivity index (χ2v) is 5.02. The van der Waals surface area contributed by atoms with Crippen LogP contribution in [0, 0.1) is 0 Å². The standard InChI is InChI=1S/C13H20N6/c1-2-19-10-11(16-17-19)9-18-8-4-3-5-12(18)13-14-6-7-15-13/h6-7,10,12H,2-5,8-9H2,1H3,(H,14,15). The minimum absolute atomic E-state index is 0.385. The molecule has 1 aliphatic heterocycles. The van der Waals surface area contributed by atoms with Crippen molar-refractivity contribution in [1.82, 2.24) is 29.9 Å². The molecule has 1 saturated heterocycles. The average molecular weight is 260 g/mol. The predicted octanol–water partition coefficient (Wildman–Crippen LogP) is 1.75. The molecule has 2 aromatic heterocycles. The first kappa shape index (κ1) is 12.3. The van der Waals surface area contributed by atoms with Crippen LogP contribution in [0.15, 0.2) is 18.6 Å². The largest absolute Gasteiger partial charge is 0.347 e. The third-order valence-electron chi connectivity index (χ3n) is 3.72. The number of aryl methyl sites for hydroxylation is 1. The van der Waals surface area contributed by atoms with E-state index in [4.69, 9.17) is 0 Å². The van der Waals surface area contributed by atoms with E-state index in [0.717, 1.165) is 37.6 Å². The molecule has 102 valence electrons. The monoisotopic (exact) mass is 260 g/mol. The number of imidazole rings is 1. The number of hydrogen-bond donors (Lipinski definition) is 1. The molecule has 0 bridgehead atoms. The molecule has 1 fully saturated rings. The summed E-state index contributed by atoms with van der Waals surface area (Å²) in [5, 5.41) is 8.34. The number of aromatic nitrogens is 5. The summed E-state index contributed by atoms with van der Waals surface area (Å²) >= 11 is 0. The van der Waals surface area contributed by atoms with Gasteiger partial charge in [0.2, 0.25) is 0 Å². The summed E-state index contributed by atoms with van der Waals surface area (Å²) in [5.41, 5.74) is 1.04. The van der Waals surface area contributed by atoms with E-state index in [2.05, 4.69) is 32.1 Å². The molecule has 3 heterocycles. The Morgan fingerprint density at radius 3 is 3.11 bits per heavy atom. The lowest BCUT2D eigenvalue weighted by molar-refractivity contribution is 0.132. The Bertz CT molecular complexity index is 503. The molecule has 6 nitrogen and oxygen atoms in total. The number of aromatic amines is 1. The third-order valence-corrected chi connectivity index (χ3v) is 3.72. The molecule has 1 aliphatic rings. The molecule has 6 heteroatoms. The molecule has 1 atom stereocenters. The summed E-state index contributed by atoms with van der Waals surface area (Å²) in [4.78, 5) is 10.1. The molecule has 0 amide bonds. The molecule has 19 heavy (non-hydrogen) atoms. The van der Waals surface area contributed by atoms with E-state index in [9.17, 15) is 0 Å². The van der Waals surface area contributed by atoms with Gasteiger partial charge in [-0.3, -0.25) is 9.58 Å². The van der Waals surface area contributed by atoms with Gasteiger partial charge >= 0.3 is 0 Å². The van der Waals surface area contributed by atoms with Crippen LogP contribution in [-0.4, -0.2) is 36.4 Å². The lowest BCUT2D eigenvalue weighted by atomic mass is 10.0. The van der Waals surface area contributed by atoms with Gasteiger partial charge in [0.25, 0.3) is 0 Å². The second-order valence-electron chi connectivity index (χ2n) is 5.02. The lowest BCUT2D eigenvalue weighted by Crippen LogP contribution is -2.33. The van der Waals surface area contributed by atoms with Gasteiger partial charge in [-0.05, 0) is 26.3 Å². The fourth-order valence-corrected chi connectivity index (χ4v) is 2.72. The van der Waals surface area contributed by atoms with Gasteiger partial charge in [0.1, 0.15) is 5.82 Å². The molecule has 0 saturated carbocycles. The predicted molar refractivity (Wildman–Crippen MR) is 71.3 cm³/mol. The number of nitrogens with one attached hydrogen (secondary N) is 1. The number of likely N-dealkylation sites (tertiary alicyclic amines) is 1. The summed E-state index contributed by atoms with van der Waals surface area (Å²) in [7, 11) is 0. The lowest BCUT2D eigenvalue weighted by Gasteiger charge is -2.33. The van der Waals surface area contributed by atoms with E-state index in [0.29, 0.717) is 6.04 Å². The fraction of sp³-hybridized carbons (Fsp3) is 0.615. The molecular weight excluding hydrogens is 240 g/mol. The van der Waals surface area contributed by atoms with E-state index in [1.54, 1.807) is 0 Å². The second kappa shape index (κ2) is 5.52. The van der Waals surface area contributed by atoms with Gasteiger partial charge in [0.05, 0.1) is 11.7 Å². The first-order valence-electron chi connectivity index (χ1n) is 6.99. The number of hydrogen-bond acceptors (Lipinski definition) is 4. The minimum Gasteiger partial charge on any atom is -0.347 e. The van der Waals surface area contributed by atoms with Crippen molar-refractivity contribution in [1.29, 1.82) is 0 Å². The molecule has 3 rings (SSSR count). The summed E-state index contributed by atoms with van der Waals surface area (Å²) in [6.45, 7) is 4.90. The van der Waals surface area contributed by atoms with Crippen molar-refractivity contribution < 1.29 is 0 Å².